The van der Waals surface area contributed by atoms with Gasteiger partial charge < -0.3 is 9.64 Å². The SMILES string of the molecule is Fc1ccccc1N1CCN(CCOc2ccc(Cl)cc2)CC1. The molecule has 1 heterocycles. The van der Waals surface area contributed by atoms with Crippen LogP contribution in [0.4, 0.5) is 10.1 Å². The van der Waals surface area contributed by atoms with Gasteiger partial charge in [-0.3, -0.25) is 4.90 Å². The second kappa shape index (κ2) is 7.66. The van der Waals surface area contributed by atoms with E-state index in [-0.39, 0.29) is 5.82 Å². The Morgan fingerprint density at radius 2 is 1.65 bits per heavy atom. The van der Waals surface area contributed by atoms with Gasteiger partial charge in [0, 0.05) is 37.7 Å². The Morgan fingerprint density at radius 1 is 0.957 bits per heavy atom. The molecule has 0 atom stereocenters. The third-order valence-corrected chi connectivity index (χ3v) is 4.31. The first-order valence-corrected chi connectivity index (χ1v) is 8.20. The molecule has 0 spiro atoms. The van der Waals surface area contributed by atoms with Crippen molar-refractivity contribution >= 4 is 17.3 Å². The summed E-state index contributed by atoms with van der Waals surface area (Å²) in [5.74, 6) is 0.686. The van der Waals surface area contributed by atoms with Crippen LogP contribution in [0.3, 0.4) is 0 Å². The topological polar surface area (TPSA) is 15.7 Å². The minimum Gasteiger partial charge on any atom is -0.492 e. The van der Waals surface area contributed by atoms with Gasteiger partial charge in [-0.05, 0) is 36.4 Å². The number of benzene rings is 2. The highest BCUT2D eigenvalue weighted by Gasteiger charge is 2.18. The van der Waals surface area contributed by atoms with Crippen LogP contribution in [0.2, 0.25) is 5.02 Å². The number of ether oxygens (including phenoxy) is 1. The molecule has 122 valence electrons. The van der Waals surface area contributed by atoms with E-state index in [0.29, 0.717) is 17.3 Å². The fraction of sp³-hybridized carbons (Fsp3) is 0.333. The number of anilines is 1. The minimum atomic E-state index is -0.146. The molecule has 0 amide bonds. The van der Waals surface area contributed by atoms with Crippen molar-refractivity contribution in [2.75, 3.05) is 44.2 Å². The van der Waals surface area contributed by atoms with Crippen molar-refractivity contribution in [1.29, 1.82) is 0 Å². The van der Waals surface area contributed by atoms with Crippen LogP contribution < -0.4 is 9.64 Å². The van der Waals surface area contributed by atoms with Crippen molar-refractivity contribution < 1.29 is 9.13 Å². The van der Waals surface area contributed by atoms with Crippen molar-refractivity contribution in [1.82, 2.24) is 4.90 Å². The fourth-order valence-corrected chi connectivity index (χ4v) is 2.87. The average Bonchev–Trinajstić information content (AvgIpc) is 2.58. The van der Waals surface area contributed by atoms with Gasteiger partial charge in [-0.15, -0.1) is 0 Å². The van der Waals surface area contributed by atoms with Crippen LogP contribution in [0.15, 0.2) is 48.5 Å². The van der Waals surface area contributed by atoms with Crippen LogP contribution in [0.1, 0.15) is 0 Å². The lowest BCUT2D eigenvalue weighted by Crippen LogP contribution is -2.47. The first-order valence-electron chi connectivity index (χ1n) is 7.82. The largest absolute Gasteiger partial charge is 0.492 e. The average molecular weight is 335 g/mol. The van der Waals surface area contributed by atoms with E-state index < -0.39 is 0 Å². The summed E-state index contributed by atoms with van der Waals surface area (Å²) in [7, 11) is 0. The summed E-state index contributed by atoms with van der Waals surface area (Å²) in [5, 5.41) is 0.710. The van der Waals surface area contributed by atoms with Crippen LogP contribution in [0.25, 0.3) is 0 Å². The second-order valence-electron chi connectivity index (χ2n) is 5.58. The Morgan fingerprint density at radius 3 is 2.35 bits per heavy atom. The van der Waals surface area contributed by atoms with Crippen molar-refractivity contribution in [3.8, 4) is 5.75 Å². The molecule has 1 aliphatic heterocycles. The van der Waals surface area contributed by atoms with E-state index in [1.807, 2.05) is 36.4 Å². The van der Waals surface area contributed by atoms with E-state index in [4.69, 9.17) is 16.3 Å². The first-order chi connectivity index (χ1) is 11.2. The van der Waals surface area contributed by atoms with Crippen LogP contribution in [-0.4, -0.2) is 44.2 Å². The van der Waals surface area contributed by atoms with E-state index in [9.17, 15) is 4.39 Å². The summed E-state index contributed by atoms with van der Waals surface area (Å²) in [4.78, 5) is 4.44. The van der Waals surface area contributed by atoms with Crippen LogP contribution in [-0.2, 0) is 0 Å². The van der Waals surface area contributed by atoms with Gasteiger partial charge in [-0.25, -0.2) is 4.39 Å². The summed E-state index contributed by atoms with van der Waals surface area (Å²) in [6.07, 6.45) is 0. The Labute approximate surface area is 141 Å². The molecule has 0 aliphatic carbocycles. The molecule has 0 unspecified atom stereocenters. The monoisotopic (exact) mass is 334 g/mol. The van der Waals surface area contributed by atoms with Gasteiger partial charge in [0.05, 0.1) is 5.69 Å². The van der Waals surface area contributed by atoms with Crippen LogP contribution in [0, 0.1) is 5.82 Å². The molecule has 1 aliphatic rings. The Bertz CT molecular complexity index is 627. The molecular formula is C18H20ClFN2O. The number of rotatable bonds is 5. The van der Waals surface area contributed by atoms with Gasteiger partial charge in [-0.1, -0.05) is 23.7 Å². The third kappa shape index (κ3) is 4.36. The van der Waals surface area contributed by atoms with Gasteiger partial charge in [-0.2, -0.15) is 0 Å². The lowest BCUT2D eigenvalue weighted by atomic mass is 10.2. The van der Waals surface area contributed by atoms with Gasteiger partial charge in [0.1, 0.15) is 18.2 Å². The summed E-state index contributed by atoms with van der Waals surface area (Å²) in [6, 6.07) is 14.4. The van der Waals surface area contributed by atoms with Crippen molar-refractivity contribution in [3.63, 3.8) is 0 Å². The second-order valence-corrected chi connectivity index (χ2v) is 6.02. The quantitative estimate of drug-likeness (QED) is 0.829. The molecular weight excluding hydrogens is 315 g/mol. The van der Waals surface area contributed by atoms with Gasteiger partial charge in [0.2, 0.25) is 0 Å². The molecule has 0 N–H and O–H groups in total. The molecule has 3 rings (SSSR count). The molecule has 1 saturated heterocycles. The number of piperazine rings is 1. The molecule has 0 radical (unpaired) electrons. The van der Waals surface area contributed by atoms with E-state index in [1.165, 1.54) is 6.07 Å². The maximum absolute atomic E-state index is 13.8. The predicted molar refractivity (Wildman–Crippen MR) is 92.0 cm³/mol. The number of hydrogen-bond donors (Lipinski definition) is 0. The zero-order valence-electron chi connectivity index (χ0n) is 12.9. The Kier molecular flexibility index (Phi) is 5.36. The van der Waals surface area contributed by atoms with Crippen molar-refractivity contribution in [2.24, 2.45) is 0 Å². The Balaban J connectivity index is 1.43. The predicted octanol–water partition coefficient (Wildman–Crippen LogP) is 3.68. The van der Waals surface area contributed by atoms with E-state index in [0.717, 1.165) is 38.5 Å². The zero-order valence-corrected chi connectivity index (χ0v) is 13.7. The summed E-state index contributed by atoms with van der Waals surface area (Å²) < 4.78 is 19.5. The normalized spacial score (nSPS) is 15.7. The smallest absolute Gasteiger partial charge is 0.146 e. The molecule has 3 nitrogen and oxygen atoms in total. The summed E-state index contributed by atoms with van der Waals surface area (Å²) in [6.45, 7) is 5.01. The summed E-state index contributed by atoms with van der Waals surface area (Å²) >= 11 is 5.85. The zero-order chi connectivity index (χ0) is 16.1. The molecule has 2 aromatic carbocycles. The number of hydrogen-bond acceptors (Lipinski definition) is 3. The molecule has 0 saturated carbocycles. The van der Waals surface area contributed by atoms with Gasteiger partial charge in [0.15, 0.2) is 0 Å². The van der Waals surface area contributed by atoms with E-state index >= 15 is 0 Å². The van der Waals surface area contributed by atoms with E-state index in [1.54, 1.807) is 6.07 Å². The van der Waals surface area contributed by atoms with Crippen molar-refractivity contribution in [3.05, 3.63) is 59.4 Å². The minimum absolute atomic E-state index is 0.146. The molecule has 1 fully saturated rings. The third-order valence-electron chi connectivity index (χ3n) is 4.06. The molecule has 2 aromatic rings. The Hall–Kier alpha value is -1.78. The lowest BCUT2D eigenvalue weighted by Gasteiger charge is -2.36. The highest BCUT2D eigenvalue weighted by Crippen LogP contribution is 2.20. The highest BCUT2D eigenvalue weighted by atomic mass is 35.5. The number of halogens is 2. The molecule has 0 aromatic heterocycles. The maximum Gasteiger partial charge on any atom is 0.146 e. The van der Waals surface area contributed by atoms with Crippen molar-refractivity contribution in [2.45, 2.75) is 0 Å². The lowest BCUT2D eigenvalue weighted by molar-refractivity contribution is 0.200. The maximum atomic E-state index is 13.8. The van der Waals surface area contributed by atoms with Crippen LogP contribution in [0.5, 0.6) is 5.75 Å². The highest BCUT2D eigenvalue weighted by molar-refractivity contribution is 6.30. The fourth-order valence-electron chi connectivity index (χ4n) is 2.74. The number of nitrogens with zero attached hydrogens (tertiary/aromatic N) is 2. The molecule has 23 heavy (non-hydrogen) atoms. The first kappa shape index (κ1) is 16.1. The molecule has 0 bridgehead atoms. The van der Waals surface area contributed by atoms with Crippen LogP contribution >= 0.6 is 11.6 Å². The summed E-state index contributed by atoms with van der Waals surface area (Å²) in [5.41, 5.74) is 0.699. The standard InChI is InChI=1S/C18H20ClFN2O/c19-15-5-7-16(8-6-15)23-14-13-21-9-11-22(12-10-21)18-4-2-1-3-17(18)20/h1-8H,9-14H2. The molecule has 5 heteroatoms. The number of para-hydroxylation sites is 1. The van der Waals surface area contributed by atoms with Gasteiger partial charge in [0.25, 0.3) is 0 Å². The van der Waals surface area contributed by atoms with Gasteiger partial charge >= 0.3 is 0 Å². The van der Waals surface area contributed by atoms with E-state index in [2.05, 4.69) is 9.80 Å².